The van der Waals surface area contributed by atoms with E-state index in [1.807, 2.05) is 0 Å². The molecule has 0 aromatic heterocycles. The lowest BCUT2D eigenvalue weighted by Gasteiger charge is -2.32. The van der Waals surface area contributed by atoms with Gasteiger partial charge in [-0.3, -0.25) is 9.59 Å². The lowest BCUT2D eigenvalue weighted by Crippen LogP contribution is -2.45. The van der Waals surface area contributed by atoms with Crippen molar-refractivity contribution in [3.05, 3.63) is 0 Å². The van der Waals surface area contributed by atoms with Crippen LogP contribution in [0.5, 0.6) is 0 Å². The van der Waals surface area contributed by atoms with Gasteiger partial charge in [-0.05, 0) is 25.7 Å². The van der Waals surface area contributed by atoms with Crippen LogP contribution in [-0.4, -0.2) is 46.2 Å². The standard InChI is InChI=1S/C15H25NO4/c17-11-12-6-2-1-5-9-16(12)13(18)10-15(14(19)20)7-3-4-8-15/h12,17H,1-11H2,(H,19,20). The second kappa shape index (κ2) is 6.57. The Morgan fingerprint density at radius 3 is 2.40 bits per heavy atom. The molecular formula is C15H25NO4. The van der Waals surface area contributed by atoms with Gasteiger partial charge in [-0.1, -0.05) is 25.7 Å². The summed E-state index contributed by atoms with van der Waals surface area (Å²) < 4.78 is 0. The Bertz CT molecular complexity index is 363. The van der Waals surface area contributed by atoms with E-state index in [2.05, 4.69) is 0 Å². The predicted molar refractivity (Wildman–Crippen MR) is 74.2 cm³/mol. The maximum Gasteiger partial charge on any atom is 0.310 e. The molecule has 0 aromatic carbocycles. The summed E-state index contributed by atoms with van der Waals surface area (Å²) in [5.41, 5.74) is -0.858. The molecule has 114 valence electrons. The molecule has 2 rings (SSSR count). The van der Waals surface area contributed by atoms with Gasteiger partial charge in [0.05, 0.1) is 18.1 Å². The second-order valence-electron chi connectivity index (χ2n) is 6.24. The van der Waals surface area contributed by atoms with Crippen LogP contribution in [-0.2, 0) is 9.59 Å². The highest BCUT2D eigenvalue weighted by molar-refractivity contribution is 5.85. The van der Waals surface area contributed by atoms with Crippen LogP contribution in [0.15, 0.2) is 0 Å². The molecule has 2 N–H and O–H groups in total. The first kappa shape index (κ1) is 15.3. The van der Waals surface area contributed by atoms with Gasteiger partial charge in [0.1, 0.15) is 0 Å². The number of carbonyl (C=O) groups is 2. The van der Waals surface area contributed by atoms with Crippen LogP contribution in [0.25, 0.3) is 0 Å². The number of aliphatic carboxylic acids is 1. The summed E-state index contributed by atoms with van der Waals surface area (Å²) >= 11 is 0. The van der Waals surface area contributed by atoms with Crippen LogP contribution in [0.3, 0.4) is 0 Å². The van der Waals surface area contributed by atoms with Crippen molar-refractivity contribution in [3.8, 4) is 0 Å². The zero-order chi connectivity index (χ0) is 14.6. The van der Waals surface area contributed by atoms with Crippen molar-refractivity contribution in [1.29, 1.82) is 0 Å². The van der Waals surface area contributed by atoms with Gasteiger partial charge in [-0.2, -0.15) is 0 Å². The van der Waals surface area contributed by atoms with Crippen LogP contribution >= 0.6 is 0 Å². The third kappa shape index (κ3) is 3.14. The van der Waals surface area contributed by atoms with E-state index in [4.69, 9.17) is 0 Å². The van der Waals surface area contributed by atoms with Crippen molar-refractivity contribution in [2.24, 2.45) is 5.41 Å². The third-order valence-corrected chi connectivity index (χ3v) is 4.91. The number of rotatable bonds is 4. The van der Waals surface area contributed by atoms with Crippen LogP contribution in [0.4, 0.5) is 0 Å². The summed E-state index contributed by atoms with van der Waals surface area (Å²) in [5, 5.41) is 18.9. The minimum Gasteiger partial charge on any atom is -0.481 e. The Balaban J connectivity index is 2.07. The van der Waals surface area contributed by atoms with Crippen LogP contribution in [0, 0.1) is 5.41 Å². The lowest BCUT2D eigenvalue weighted by atomic mass is 9.82. The molecule has 0 radical (unpaired) electrons. The summed E-state index contributed by atoms with van der Waals surface area (Å²) in [7, 11) is 0. The first-order chi connectivity index (χ1) is 9.59. The summed E-state index contributed by atoms with van der Waals surface area (Å²) in [6, 6.07) is -0.128. The highest BCUT2D eigenvalue weighted by atomic mass is 16.4. The average molecular weight is 283 g/mol. The van der Waals surface area contributed by atoms with Crippen molar-refractivity contribution in [1.82, 2.24) is 4.90 Å². The summed E-state index contributed by atoms with van der Waals surface area (Å²) in [6.45, 7) is 0.631. The molecule has 2 fully saturated rings. The number of aliphatic hydroxyl groups excluding tert-OH is 1. The Labute approximate surface area is 120 Å². The average Bonchev–Trinajstić information content (AvgIpc) is 2.76. The predicted octanol–water partition coefficient (Wildman–Crippen LogP) is 1.78. The van der Waals surface area contributed by atoms with Gasteiger partial charge in [0.25, 0.3) is 0 Å². The van der Waals surface area contributed by atoms with Gasteiger partial charge < -0.3 is 15.1 Å². The zero-order valence-electron chi connectivity index (χ0n) is 12.0. The largest absolute Gasteiger partial charge is 0.481 e. The van der Waals surface area contributed by atoms with Crippen LogP contribution < -0.4 is 0 Å². The van der Waals surface area contributed by atoms with Gasteiger partial charge in [-0.25, -0.2) is 0 Å². The molecule has 1 saturated carbocycles. The molecule has 0 aromatic rings. The van der Waals surface area contributed by atoms with E-state index in [0.717, 1.165) is 38.5 Å². The number of aliphatic hydroxyl groups is 1. The van der Waals surface area contributed by atoms with Crippen molar-refractivity contribution in [2.75, 3.05) is 13.2 Å². The molecule has 1 unspecified atom stereocenters. The minimum absolute atomic E-state index is 0.0220. The maximum atomic E-state index is 12.5. The number of carboxylic acids is 1. The Hall–Kier alpha value is -1.10. The number of nitrogens with zero attached hydrogens (tertiary/aromatic N) is 1. The number of hydrogen-bond donors (Lipinski definition) is 2. The molecule has 1 atom stereocenters. The van der Waals surface area contributed by atoms with E-state index in [0.29, 0.717) is 19.4 Å². The minimum atomic E-state index is -0.858. The van der Waals surface area contributed by atoms with Crippen molar-refractivity contribution in [2.45, 2.75) is 63.8 Å². The quantitative estimate of drug-likeness (QED) is 0.824. The van der Waals surface area contributed by atoms with Crippen molar-refractivity contribution < 1.29 is 19.8 Å². The number of amides is 1. The lowest BCUT2D eigenvalue weighted by molar-refractivity contribution is -0.154. The van der Waals surface area contributed by atoms with E-state index in [1.165, 1.54) is 0 Å². The Kier molecular flexibility index (Phi) is 5.02. The van der Waals surface area contributed by atoms with Gasteiger partial charge in [0, 0.05) is 13.0 Å². The summed E-state index contributed by atoms with van der Waals surface area (Å²) in [4.78, 5) is 25.8. The number of hydrogen-bond acceptors (Lipinski definition) is 3. The zero-order valence-corrected chi connectivity index (χ0v) is 12.0. The molecule has 1 aliphatic carbocycles. The molecule has 0 bridgehead atoms. The molecule has 1 aliphatic heterocycles. The van der Waals surface area contributed by atoms with Crippen LogP contribution in [0.1, 0.15) is 57.8 Å². The third-order valence-electron chi connectivity index (χ3n) is 4.91. The topological polar surface area (TPSA) is 77.8 Å². The molecular weight excluding hydrogens is 258 g/mol. The number of carbonyl (C=O) groups excluding carboxylic acids is 1. The Morgan fingerprint density at radius 1 is 1.10 bits per heavy atom. The van der Waals surface area contributed by atoms with Gasteiger partial charge in [-0.15, -0.1) is 0 Å². The van der Waals surface area contributed by atoms with Gasteiger partial charge in [0.15, 0.2) is 0 Å². The summed E-state index contributed by atoms with van der Waals surface area (Å²) in [6.07, 6.45) is 6.95. The van der Waals surface area contributed by atoms with E-state index >= 15 is 0 Å². The smallest absolute Gasteiger partial charge is 0.310 e. The molecule has 1 heterocycles. The molecule has 1 amide bonds. The monoisotopic (exact) mass is 283 g/mol. The fourth-order valence-corrected chi connectivity index (χ4v) is 3.60. The molecule has 0 spiro atoms. The van der Waals surface area contributed by atoms with Crippen molar-refractivity contribution in [3.63, 3.8) is 0 Å². The fourth-order valence-electron chi connectivity index (χ4n) is 3.60. The molecule has 5 nitrogen and oxygen atoms in total. The molecule has 1 saturated heterocycles. The van der Waals surface area contributed by atoms with Crippen LogP contribution in [0.2, 0.25) is 0 Å². The maximum absolute atomic E-state index is 12.5. The van der Waals surface area contributed by atoms with Gasteiger partial charge in [0.2, 0.25) is 5.91 Å². The highest BCUT2D eigenvalue weighted by Crippen LogP contribution is 2.42. The van der Waals surface area contributed by atoms with Crippen molar-refractivity contribution >= 4 is 11.9 Å². The SMILES string of the molecule is O=C(CC1(C(=O)O)CCCC1)N1CCCCCC1CO. The molecule has 20 heavy (non-hydrogen) atoms. The number of carboxylic acid groups (broad SMARTS) is 1. The van der Waals surface area contributed by atoms with E-state index in [1.54, 1.807) is 4.90 Å². The van der Waals surface area contributed by atoms with E-state index in [9.17, 15) is 19.8 Å². The Morgan fingerprint density at radius 2 is 1.80 bits per heavy atom. The first-order valence-corrected chi connectivity index (χ1v) is 7.73. The highest BCUT2D eigenvalue weighted by Gasteiger charge is 2.44. The first-order valence-electron chi connectivity index (χ1n) is 7.73. The van der Waals surface area contributed by atoms with E-state index in [-0.39, 0.29) is 25.0 Å². The molecule has 5 heteroatoms. The second-order valence-corrected chi connectivity index (χ2v) is 6.24. The normalized spacial score (nSPS) is 26.2. The fraction of sp³-hybridized carbons (Fsp3) is 0.867. The van der Waals surface area contributed by atoms with E-state index < -0.39 is 11.4 Å². The van der Waals surface area contributed by atoms with Gasteiger partial charge >= 0.3 is 5.97 Å². The summed E-state index contributed by atoms with van der Waals surface area (Å²) in [5.74, 6) is -0.922. The molecule has 2 aliphatic rings. The number of likely N-dealkylation sites (tertiary alicyclic amines) is 1.